The molecular formula is C28H26F4O4. The first kappa shape index (κ1) is 26.9. The molecule has 0 fully saturated rings. The van der Waals surface area contributed by atoms with Crippen LogP contribution in [0.4, 0.5) is 17.6 Å². The van der Waals surface area contributed by atoms with Crippen molar-refractivity contribution in [2.75, 3.05) is 0 Å². The summed E-state index contributed by atoms with van der Waals surface area (Å²) in [6, 6.07) is 12.1. The molecule has 0 bridgehead atoms. The Morgan fingerprint density at radius 1 is 0.778 bits per heavy atom. The van der Waals surface area contributed by atoms with Gasteiger partial charge in [-0.2, -0.15) is 8.78 Å². The summed E-state index contributed by atoms with van der Waals surface area (Å²) in [5, 5.41) is 0. The number of halogens is 4. The molecule has 190 valence electrons. The topological polar surface area (TPSA) is 52.6 Å². The number of hydrogen-bond acceptors (Lipinski definition) is 4. The first-order valence-corrected chi connectivity index (χ1v) is 11.4. The summed E-state index contributed by atoms with van der Waals surface area (Å²) in [6.07, 6.45) is 0.857. The summed E-state index contributed by atoms with van der Waals surface area (Å²) in [5.74, 6) is -12.5. The molecule has 0 spiro atoms. The van der Waals surface area contributed by atoms with Gasteiger partial charge in [0.2, 0.25) is 17.4 Å². The predicted octanol–water partition coefficient (Wildman–Crippen LogP) is 7.49. The van der Waals surface area contributed by atoms with Crippen molar-refractivity contribution < 1.29 is 36.6 Å². The molecule has 3 aromatic carbocycles. The number of rotatable bonds is 6. The fraction of sp³-hybridized carbons (Fsp3) is 0.286. The molecule has 0 heterocycles. The summed E-state index contributed by atoms with van der Waals surface area (Å²) in [6.45, 7) is 9.85. The minimum absolute atomic E-state index is 0.0797. The maximum atomic E-state index is 14.6. The van der Waals surface area contributed by atoms with Crippen molar-refractivity contribution >= 4 is 11.9 Å². The second-order valence-electron chi connectivity index (χ2n) is 9.44. The molecular weight excluding hydrogens is 476 g/mol. The van der Waals surface area contributed by atoms with E-state index in [0.29, 0.717) is 0 Å². The van der Waals surface area contributed by atoms with E-state index in [-0.39, 0.29) is 22.6 Å². The maximum Gasteiger partial charge on any atom is 0.349 e. The van der Waals surface area contributed by atoms with Crippen LogP contribution in [0.1, 0.15) is 78.8 Å². The quantitative estimate of drug-likeness (QED) is 0.152. The highest BCUT2D eigenvalue weighted by atomic mass is 19.2. The third-order valence-electron chi connectivity index (χ3n) is 5.88. The fourth-order valence-electron chi connectivity index (χ4n) is 3.40. The van der Waals surface area contributed by atoms with E-state index in [1.54, 1.807) is 24.3 Å². The van der Waals surface area contributed by atoms with Gasteiger partial charge in [-0.1, -0.05) is 58.9 Å². The maximum absolute atomic E-state index is 14.6. The highest BCUT2D eigenvalue weighted by molar-refractivity contribution is 5.93. The van der Waals surface area contributed by atoms with Crippen LogP contribution in [0.5, 0.6) is 11.5 Å². The number of esters is 2. The summed E-state index contributed by atoms with van der Waals surface area (Å²) in [4.78, 5) is 24.7. The molecule has 1 unspecified atom stereocenters. The number of hydrogen-bond donors (Lipinski definition) is 0. The largest absolute Gasteiger partial charge is 0.423 e. The Morgan fingerprint density at radius 2 is 1.31 bits per heavy atom. The molecule has 0 aliphatic heterocycles. The number of carbonyl (C=O) groups excluding carboxylic acids is 2. The molecule has 0 aliphatic rings. The Morgan fingerprint density at radius 3 is 1.78 bits per heavy atom. The van der Waals surface area contributed by atoms with Gasteiger partial charge in [-0.3, -0.25) is 0 Å². The zero-order chi connectivity index (χ0) is 26.8. The second-order valence-corrected chi connectivity index (χ2v) is 9.44. The third kappa shape index (κ3) is 5.58. The lowest BCUT2D eigenvalue weighted by Gasteiger charge is -2.19. The summed E-state index contributed by atoms with van der Waals surface area (Å²) < 4.78 is 68.0. The van der Waals surface area contributed by atoms with Gasteiger partial charge in [-0.25, -0.2) is 18.4 Å². The van der Waals surface area contributed by atoms with E-state index in [4.69, 9.17) is 4.74 Å². The molecule has 0 aromatic heterocycles. The number of carbonyl (C=O) groups is 2. The van der Waals surface area contributed by atoms with Gasteiger partial charge >= 0.3 is 11.9 Å². The highest BCUT2D eigenvalue weighted by Gasteiger charge is 2.33. The van der Waals surface area contributed by atoms with Crippen LogP contribution < -0.4 is 9.47 Å². The highest BCUT2D eigenvalue weighted by Crippen LogP contribution is 2.32. The lowest BCUT2D eigenvalue weighted by molar-refractivity contribution is 0.0713. The normalized spacial score (nSPS) is 12.2. The lowest BCUT2D eigenvalue weighted by atomic mass is 9.87. The monoisotopic (exact) mass is 502 g/mol. The predicted molar refractivity (Wildman–Crippen MR) is 126 cm³/mol. The van der Waals surface area contributed by atoms with E-state index < -0.39 is 46.5 Å². The van der Waals surface area contributed by atoms with Crippen molar-refractivity contribution in [2.45, 2.75) is 52.4 Å². The van der Waals surface area contributed by atoms with Gasteiger partial charge < -0.3 is 9.47 Å². The van der Waals surface area contributed by atoms with Crippen molar-refractivity contribution in [1.29, 1.82) is 0 Å². The van der Waals surface area contributed by atoms with Crippen LogP contribution >= 0.6 is 0 Å². The van der Waals surface area contributed by atoms with Crippen LogP contribution in [0.15, 0.2) is 48.5 Å². The molecule has 3 aromatic rings. The van der Waals surface area contributed by atoms with Gasteiger partial charge in [0.25, 0.3) is 0 Å². The van der Waals surface area contributed by atoms with Crippen LogP contribution in [0.3, 0.4) is 0 Å². The Bertz CT molecular complexity index is 1250. The van der Waals surface area contributed by atoms with E-state index in [2.05, 4.69) is 4.74 Å². The Labute approximate surface area is 206 Å². The fourth-order valence-corrected chi connectivity index (χ4v) is 3.40. The molecule has 36 heavy (non-hydrogen) atoms. The summed E-state index contributed by atoms with van der Waals surface area (Å²) in [7, 11) is 0. The summed E-state index contributed by atoms with van der Waals surface area (Å²) >= 11 is 0. The molecule has 0 saturated heterocycles. The molecule has 0 saturated carbocycles. The van der Waals surface area contributed by atoms with E-state index in [1.807, 2.05) is 34.6 Å². The minimum Gasteiger partial charge on any atom is -0.423 e. The van der Waals surface area contributed by atoms with Gasteiger partial charge in [0.05, 0.1) is 5.56 Å². The Kier molecular flexibility index (Phi) is 7.86. The van der Waals surface area contributed by atoms with Crippen LogP contribution in [-0.2, 0) is 5.41 Å². The zero-order valence-corrected chi connectivity index (χ0v) is 20.5. The molecule has 0 aliphatic carbocycles. The Balaban J connectivity index is 1.85. The first-order valence-electron chi connectivity index (χ1n) is 11.4. The van der Waals surface area contributed by atoms with E-state index in [9.17, 15) is 27.2 Å². The molecule has 0 radical (unpaired) electrons. The van der Waals surface area contributed by atoms with Crippen LogP contribution in [0.2, 0.25) is 0 Å². The summed E-state index contributed by atoms with van der Waals surface area (Å²) in [5.41, 5.74) is -0.0284. The van der Waals surface area contributed by atoms with E-state index >= 15 is 0 Å². The van der Waals surface area contributed by atoms with E-state index in [0.717, 1.165) is 17.5 Å². The molecule has 0 N–H and O–H groups in total. The smallest absolute Gasteiger partial charge is 0.349 e. The number of benzene rings is 3. The molecule has 4 nitrogen and oxygen atoms in total. The van der Waals surface area contributed by atoms with Gasteiger partial charge in [0, 0.05) is 0 Å². The molecule has 0 amide bonds. The van der Waals surface area contributed by atoms with Gasteiger partial charge in [-0.05, 0) is 53.1 Å². The molecule has 8 heteroatoms. The first-order chi connectivity index (χ1) is 16.8. The third-order valence-corrected chi connectivity index (χ3v) is 5.88. The van der Waals surface area contributed by atoms with Crippen LogP contribution in [0.25, 0.3) is 0 Å². The lowest BCUT2D eigenvalue weighted by Crippen LogP contribution is -2.19. The van der Waals surface area contributed by atoms with Gasteiger partial charge in [-0.15, -0.1) is 0 Å². The zero-order valence-electron chi connectivity index (χ0n) is 20.5. The van der Waals surface area contributed by atoms with Crippen molar-refractivity contribution in [3.05, 3.63) is 94.1 Å². The van der Waals surface area contributed by atoms with Gasteiger partial charge in [0.15, 0.2) is 11.6 Å². The van der Waals surface area contributed by atoms with Crippen molar-refractivity contribution in [1.82, 2.24) is 0 Å². The van der Waals surface area contributed by atoms with Gasteiger partial charge in [0.1, 0.15) is 11.3 Å². The number of ether oxygens (including phenoxy) is 2. The van der Waals surface area contributed by atoms with Crippen molar-refractivity contribution in [3.63, 3.8) is 0 Å². The van der Waals surface area contributed by atoms with Crippen molar-refractivity contribution in [3.8, 4) is 11.5 Å². The van der Waals surface area contributed by atoms with E-state index in [1.165, 1.54) is 24.3 Å². The second kappa shape index (κ2) is 10.5. The molecule has 3 rings (SSSR count). The SMILES string of the molecule is CCC(C)c1ccc(C(=O)Oc2c(F)c(F)c(C(=O)Oc3ccc(C(C)(C)C)cc3)c(F)c2F)cc1. The average Bonchev–Trinajstić information content (AvgIpc) is 2.84. The standard InChI is InChI=1S/C28H26F4O4/c1-6-15(2)16-7-9-17(10-8-16)26(33)36-25-23(31)21(29)20(22(30)24(25)32)27(34)35-19-13-11-18(12-14-19)28(3,4)5/h7-15H,6H2,1-5H3. The van der Waals surface area contributed by atoms with Crippen molar-refractivity contribution in [2.24, 2.45) is 0 Å². The molecule has 1 atom stereocenters. The van der Waals surface area contributed by atoms with Crippen LogP contribution in [-0.4, -0.2) is 11.9 Å². The van der Waals surface area contributed by atoms with Crippen LogP contribution in [0, 0.1) is 23.3 Å². The Hall–Kier alpha value is -3.68. The average molecular weight is 503 g/mol. The minimum atomic E-state index is -2.04.